The first-order chi connectivity index (χ1) is 15.5. The second-order valence-electron chi connectivity index (χ2n) is 7.44. The molecular weight excluding hydrogens is 428 g/mol. The van der Waals surface area contributed by atoms with E-state index in [1.54, 1.807) is 0 Å². The SMILES string of the molecule is CC(=O)NCCCc1nnc(SCC(=O)c2ccc(C)cc2)n1-c1ccc2c(c1)OCO2. The van der Waals surface area contributed by atoms with Gasteiger partial charge in [0.15, 0.2) is 22.4 Å². The number of nitrogens with zero attached hydrogens (tertiary/aromatic N) is 3. The van der Waals surface area contributed by atoms with E-state index in [0.717, 1.165) is 23.5 Å². The summed E-state index contributed by atoms with van der Waals surface area (Å²) in [5, 5.41) is 12.1. The number of hydrogen-bond acceptors (Lipinski definition) is 7. The number of hydrogen-bond donors (Lipinski definition) is 1. The lowest BCUT2D eigenvalue weighted by molar-refractivity contribution is -0.118. The maximum atomic E-state index is 12.7. The van der Waals surface area contributed by atoms with Crippen molar-refractivity contribution >= 4 is 23.5 Å². The van der Waals surface area contributed by atoms with Gasteiger partial charge in [0.2, 0.25) is 12.7 Å². The molecule has 0 fully saturated rings. The van der Waals surface area contributed by atoms with Crippen LogP contribution in [0.4, 0.5) is 0 Å². The third-order valence-electron chi connectivity index (χ3n) is 4.97. The van der Waals surface area contributed by atoms with Crippen molar-refractivity contribution in [1.82, 2.24) is 20.1 Å². The van der Waals surface area contributed by atoms with Gasteiger partial charge in [-0.1, -0.05) is 41.6 Å². The summed E-state index contributed by atoms with van der Waals surface area (Å²) in [7, 11) is 0. The fourth-order valence-corrected chi connectivity index (χ4v) is 4.17. The van der Waals surface area contributed by atoms with Crippen molar-refractivity contribution in [3.05, 3.63) is 59.4 Å². The highest BCUT2D eigenvalue weighted by molar-refractivity contribution is 7.99. The highest BCUT2D eigenvalue weighted by Crippen LogP contribution is 2.35. The quantitative estimate of drug-likeness (QED) is 0.302. The molecule has 1 N–H and O–H groups in total. The molecule has 0 saturated carbocycles. The number of thioether (sulfide) groups is 1. The topological polar surface area (TPSA) is 95.3 Å². The number of benzene rings is 2. The van der Waals surface area contributed by atoms with Crippen LogP contribution in [0.25, 0.3) is 5.69 Å². The molecule has 0 bridgehead atoms. The van der Waals surface area contributed by atoms with E-state index in [2.05, 4.69) is 15.5 Å². The predicted octanol–water partition coefficient (Wildman–Crippen LogP) is 3.35. The molecule has 0 aliphatic carbocycles. The molecule has 1 aliphatic heterocycles. The molecule has 1 aliphatic rings. The van der Waals surface area contributed by atoms with E-state index >= 15 is 0 Å². The van der Waals surface area contributed by atoms with Crippen molar-refractivity contribution < 1.29 is 19.1 Å². The molecule has 9 heteroatoms. The van der Waals surface area contributed by atoms with Gasteiger partial charge >= 0.3 is 0 Å². The maximum Gasteiger partial charge on any atom is 0.231 e. The minimum atomic E-state index is -0.0619. The van der Waals surface area contributed by atoms with Crippen molar-refractivity contribution in [2.45, 2.75) is 31.8 Å². The Labute approximate surface area is 190 Å². The van der Waals surface area contributed by atoms with Gasteiger partial charge in [-0.3, -0.25) is 14.2 Å². The summed E-state index contributed by atoms with van der Waals surface area (Å²) in [5.74, 6) is 2.32. The van der Waals surface area contributed by atoms with Gasteiger partial charge in [-0.15, -0.1) is 10.2 Å². The van der Waals surface area contributed by atoms with Crippen molar-refractivity contribution in [1.29, 1.82) is 0 Å². The van der Waals surface area contributed by atoms with Crippen LogP contribution >= 0.6 is 11.8 Å². The first-order valence-electron chi connectivity index (χ1n) is 10.3. The summed E-state index contributed by atoms with van der Waals surface area (Å²) in [6, 6.07) is 13.2. The second kappa shape index (κ2) is 9.86. The monoisotopic (exact) mass is 452 g/mol. The lowest BCUT2D eigenvalue weighted by Crippen LogP contribution is -2.21. The molecular formula is C23H24N4O4S. The van der Waals surface area contributed by atoms with Gasteiger partial charge in [-0.25, -0.2) is 0 Å². The summed E-state index contributed by atoms with van der Waals surface area (Å²) in [5.41, 5.74) is 2.62. The van der Waals surface area contributed by atoms with Gasteiger partial charge in [0.25, 0.3) is 0 Å². The zero-order valence-electron chi connectivity index (χ0n) is 18.0. The average Bonchev–Trinajstić information content (AvgIpc) is 3.41. The number of nitrogens with one attached hydrogen (secondary N) is 1. The molecule has 0 radical (unpaired) electrons. The van der Waals surface area contributed by atoms with Crippen LogP contribution in [-0.4, -0.2) is 45.5 Å². The van der Waals surface area contributed by atoms with E-state index in [0.29, 0.717) is 35.2 Å². The summed E-state index contributed by atoms with van der Waals surface area (Å²) in [6.45, 7) is 4.23. The normalized spacial score (nSPS) is 12.1. The predicted molar refractivity (Wildman–Crippen MR) is 121 cm³/mol. The van der Waals surface area contributed by atoms with Gasteiger partial charge in [0.05, 0.1) is 11.4 Å². The van der Waals surface area contributed by atoms with Gasteiger partial charge in [0.1, 0.15) is 5.82 Å². The smallest absolute Gasteiger partial charge is 0.231 e. The van der Waals surface area contributed by atoms with Crippen LogP contribution in [-0.2, 0) is 11.2 Å². The molecule has 3 aromatic rings. The van der Waals surface area contributed by atoms with Gasteiger partial charge < -0.3 is 14.8 Å². The van der Waals surface area contributed by atoms with Crippen molar-refractivity contribution in [3.8, 4) is 17.2 Å². The number of carbonyl (C=O) groups excluding carboxylic acids is 2. The number of carbonyl (C=O) groups is 2. The Morgan fingerprint density at radius 2 is 1.88 bits per heavy atom. The number of aromatic nitrogens is 3. The van der Waals surface area contributed by atoms with Crippen LogP contribution in [0, 0.1) is 6.92 Å². The molecule has 2 aromatic carbocycles. The van der Waals surface area contributed by atoms with E-state index in [4.69, 9.17) is 9.47 Å². The summed E-state index contributed by atoms with van der Waals surface area (Å²) < 4.78 is 12.9. The van der Waals surface area contributed by atoms with Gasteiger partial charge in [0, 0.05) is 31.5 Å². The van der Waals surface area contributed by atoms with Crippen LogP contribution in [0.15, 0.2) is 47.6 Å². The Bertz CT molecular complexity index is 1130. The van der Waals surface area contributed by atoms with Crippen molar-refractivity contribution in [2.75, 3.05) is 19.1 Å². The van der Waals surface area contributed by atoms with E-state index in [1.807, 2.05) is 54.0 Å². The van der Waals surface area contributed by atoms with Crippen LogP contribution < -0.4 is 14.8 Å². The number of Topliss-reactive ketones (excluding diaryl/α,β-unsaturated/α-hetero) is 1. The molecule has 1 amide bonds. The number of rotatable bonds is 9. The highest BCUT2D eigenvalue weighted by Gasteiger charge is 2.20. The largest absolute Gasteiger partial charge is 0.454 e. The summed E-state index contributed by atoms with van der Waals surface area (Å²) in [4.78, 5) is 23.8. The fourth-order valence-electron chi connectivity index (χ4n) is 3.30. The molecule has 8 nitrogen and oxygen atoms in total. The van der Waals surface area contributed by atoms with Gasteiger partial charge in [-0.2, -0.15) is 0 Å². The standard InChI is InChI=1S/C23H24N4O4S/c1-15-5-7-17(8-6-15)19(29)13-32-23-26-25-22(4-3-11-24-16(2)28)27(23)18-9-10-20-21(12-18)31-14-30-20/h5-10,12H,3-4,11,13-14H2,1-2H3,(H,24,28). The number of ketones is 1. The van der Waals surface area contributed by atoms with Crippen LogP contribution in [0.2, 0.25) is 0 Å². The third-order valence-corrected chi connectivity index (χ3v) is 5.90. The minimum Gasteiger partial charge on any atom is -0.454 e. The number of fused-ring (bicyclic) bond motifs is 1. The minimum absolute atomic E-state index is 0.0300. The Balaban J connectivity index is 1.55. The fraction of sp³-hybridized carbons (Fsp3) is 0.304. The Hall–Kier alpha value is -3.33. The molecule has 1 aromatic heterocycles. The molecule has 32 heavy (non-hydrogen) atoms. The van der Waals surface area contributed by atoms with E-state index < -0.39 is 0 Å². The molecule has 2 heterocycles. The lowest BCUT2D eigenvalue weighted by atomic mass is 10.1. The molecule has 166 valence electrons. The third kappa shape index (κ3) is 5.11. The van der Waals surface area contributed by atoms with Crippen LogP contribution in [0.5, 0.6) is 11.5 Å². The zero-order valence-corrected chi connectivity index (χ0v) is 18.8. The molecule has 0 unspecified atom stereocenters. The summed E-state index contributed by atoms with van der Waals surface area (Å²) >= 11 is 1.35. The number of amides is 1. The number of aryl methyl sites for hydroxylation is 2. The second-order valence-corrected chi connectivity index (χ2v) is 8.38. The Kier molecular flexibility index (Phi) is 6.75. The summed E-state index contributed by atoms with van der Waals surface area (Å²) in [6.07, 6.45) is 1.34. The van der Waals surface area contributed by atoms with E-state index in [9.17, 15) is 9.59 Å². The first-order valence-corrected chi connectivity index (χ1v) is 11.3. The van der Waals surface area contributed by atoms with Crippen LogP contribution in [0.3, 0.4) is 0 Å². The van der Waals surface area contributed by atoms with Crippen molar-refractivity contribution in [3.63, 3.8) is 0 Å². The molecule has 0 spiro atoms. The first kappa shape index (κ1) is 21.9. The average molecular weight is 453 g/mol. The van der Waals surface area contributed by atoms with Crippen molar-refractivity contribution in [2.24, 2.45) is 0 Å². The molecule has 0 saturated heterocycles. The van der Waals surface area contributed by atoms with E-state index in [1.165, 1.54) is 18.7 Å². The molecule has 4 rings (SSSR count). The Morgan fingerprint density at radius 3 is 2.66 bits per heavy atom. The lowest BCUT2D eigenvalue weighted by Gasteiger charge is -2.11. The Morgan fingerprint density at radius 1 is 1.09 bits per heavy atom. The van der Waals surface area contributed by atoms with Crippen LogP contribution in [0.1, 0.15) is 35.1 Å². The molecule has 0 atom stereocenters. The maximum absolute atomic E-state index is 12.7. The zero-order chi connectivity index (χ0) is 22.5. The highest BCUT2D eigenvalue weighted by atomic mass is 32.2. The van der Waals surface area contributed by atoms with Gasteiger partial charge in [-0.05, 0) is 25.5 Å². The van der Waals surface area contributed by atoms with E-state index in [-0.39, 0.29) is 24.2 Å². The number of ether oxygens (including phenoxy) is 2.